The molecule has 1 aromatic heterocycles. The molecule has 6 heteroatoms. The number of rotatable bonds is 9. The zero-order chi connectivity index (χ0) is 14.8. The van der Waals surface area contributed by atoms with Crippen LogP contribution in [0.3, 0.4) is 0 Å². The average Bonchev–Trinajstić information content (AvgIpc) is 2.49. The van der Waals surface area contributed by atoms with E-state index >= 15 is 0 Å². The molecule has 0 saturated carbocycles. The number of hydrogen-bond donors (Lipinski definition) is 2. The lowest BCUT2D eigenvalue weighted by atomic mass is 10.2. The van der Waals surface area contributed by atoms with E-state index in [0.717, 1.165) is 25.8 Å². The number of amides is 1. The van der Waals surface area contributed by atoms with Crippen LogP contribution in [0.2, 0.25) is 0 Å². The van der Waals surface area contributed by atoms with Crippen molar-refractivity contribution in [3.8, 4) is 0 Å². The number of anilines is 1. The van der Waals surface area contributed by atoms with Crippen molar-refractivity contribution >= 4 is 11.7 Å². The summed E-state index contributed by atoms with van der Waals surface area (Å²) in [7, 11) is 0. The Hall–Kier alpha value is -1.69. The van der Waals surface area contributed by atoms with Crippen molar-refractivity contribution in [3.05, 3.63) is 17.8 Å². The summed E-state index contributed by atoms with van der Waals surface area (Å²) in [6.07, 6.45) is 2.92. The maximum atomic E-state index is 12.3. The summed E-state index contributed by atoms with van der Waals surface area (Å²) in [6.45, 7) is 5.88. The standard InChI is InChI=1S/C14H24N4O2/c1-3-5-9-18(10-11-19)14(20)12-6-7-13(17-16-12)15-8-4-2/h6-7,19H,3-5,8-11H2,1-2H3,(H,15,17). The Labute approximate surface area is 120 Å². The Morgan fingerprint density at radius 1 is 1.25 bits per heavy atom. The summed E-state index contributed by atoms with van der Waals surface area (Å²) >= 11 is 0. The van der Waals surface area contributed by atoms with Gasteiger partial charge < -0.3 is 15.3 Å². The van der Waals surface area contributed by atoms with Gasteiger partial charge in [0.15, 0.2) is 5.69 Å². The number of carbonyl (C=O) groups is 1. The third-order valence-electron chi connectivity index (χ3n) is 2.88. The van der Waals surface area contributed by atoms with Crippen LogP contribution < -0.4 is 5.32 Å². The summed E-state index contributed by atoms with van der Waals surface area (Å²) in [5, 5.41) is 20.1. The fraction of sp³-hybridized carbons (Fsp3) is 0.643. The van der Waals surface area contributed by atoms with E-state index in [-0.39, 0.29) is 12.5 Å². The van der Waals surface area contributed by atoms with Crippen LogP contribution in [-0.2, 0) is 0 Å². The van der Waals surface area contributed by atoms with E-state index in [1.54, 1.807) is 17.0 Å². The van der Waals surface area contributed by atoms with Crippen LogP contribution in [0.25, 0.3) is 0 Å². The number of aromatic nitrogens is 2. The highest BCUT2D eigenvalue weighted by atomic mass is 16.3. The van der Waals surface area contributed by atoms with E-state index in [1.807, 2.05) is 0 Å². The Morgan fingerprint density at radius 2 is 2.05 bits per heavy atom. The quantitative estimate of drug-likeness (QED) is 0.717. The molecule has 0 saturated heterocycles. The van der Waals surface area contributed by atoms with Crippen molar-refractivity contribution in [2.45, 2.75) is 33.1 Å². The van der Waals surface area contributed by atoms with Gasteiger partial charge in [-0.15, -0.1) is 10.2 Å². The largest absolute Gasteiger partial charge is 0.395 e. The highest BCUT2D eigenvalue weighted by molar-refractivity contribution is 5.92. The molecule has 1 heterocycles. The van der Waals surface area contributed by atoms with Gasteiger partial charge in [-0.3, -0.25) is 4.79 Å². The predicted molar refractivity (Wildman–Crippen MR) is 78.7 cm³/mol. The summed E-state index contributed by atoms with van der Waals surface area (Å²) in [5.41, 5.74) is 0.316. The van der Waals surface area contributed by atoms with E-state index in [4.69, 9.17) is 5.11 Å². The Balaban J connectivity index is 2.67. The van der Waals surface area contributed by atoms with Crippen LogP contribution in [0.1, 0.15) is 43.6 Å². The third kappa shape index (κ3) is 5.13. The first kappa shape index (κ1) is 16.4. The molecule has 112 valence electrons. The van der Waals surface area contributed by atoms with E-state index in [2.05, 4.69) is 29.4 Å². The number of nitrogens with zero attached hydrogens (tertiary/aromatic N) is 3. The Kier molecular flexibility index (Phi) is 7.57. The van der Waals surface area contributed by atoms with Crippen LogP contribution in [0.15, 0.2) is 12.1 Å². The first-order valence-electron chi connectivity index (χ1n) is 7.20. The highest BCUT2D eigenvalue weighted by Crippen LogP contribution is 2.06. The summed E-state index contributed by atoms with van der Waals surface area (Å²) in [5.74, 6) is 0.493. The van der Waals surface area contributed by atoms with Gasteiger partial charge in [0, 0.05) is 19.6 Å². The summed E-state index contributed by atoms with van der Waals surface area (Å²) < 4.78 is 0. The van der Waals surface area contributed by atoms with Crippen molar-refractivity contribution in [1.29, 1.82) is 0 Å². The van der Waals surface area contributed by atoms with Gasteiger partial charge in [0.1, 0.15) is 5.82 Å². The molecule has 0 aliphatic rings. The van der Waals surface area contributed by atoms with Crippen LogP contribution in [0.5, 0.6) is 0 Å². The molecule has 0 aliphatic carbocycles. The van der Waals surface area contributed by atoms with Gasteiger partial charge >= 0.3 is 0 Å². The fourth-order valence-electron chi connectivity index (χ4n) is 1.74. The molecule has 1 amide bonds. The molecule has 0 fully saturated rings. The molecule has 20 heavy (non-hydrogen) atoms. The number of hydrogen-bond acceptors (Lipinski definition) is 5. The topological polar surface area (TPSA) is 78.4 Å². The third-order valence-corrected chi connectivity index (χ3v) is 2.88. The second-order valence-electron chi connectivity index (χ2n) is 4.60. The molecule has 0 atom stereocenters. The monoisotopic (exact) mass is 280 g/mol. The summed E-state index contributed by atoms with van der Waals surface area (Å²) in [4.78, 5) is 13.9. The normalized spacial score (nSPS) is 10.3. The van der Waals surface area contributed by atoms with Crippen LogP contribution in [0, 0.1) is 0 Å². The van der Waals surface area contributed by atoms with Gasteiger partial charge in [-0.2, -0.15) is 0 Å². The van der Waals surface area contributed by atoms with Crippen LogP contribution in [0.4, 0.5) is 5.82 Å². The van der Waals surface area contributed by atoms with Gasteiger partial charge in [0.2, 0.25) is 0 Å². The first-order valence-corrected chi connectivity index (χ1v) is 7.20. The molecule has 1 rings (SSSR count). The number of aliphatic hydroxyl groups is 1. The number of unbranched alkanes of at least 4 members (excludes halogenated alkanes) is 1. The maximum Gasteiger partial charge on any atom is 0.274 e. The zero-order valence-corrected chi connectivity index (χ0v) is 12.3. The molecule has 0 spiro atoms. The minimum Gasteiger partial charge on any atom is -0.395 e. The fourth-order valence-corrected chi connectivity index (χ4v) is 1.74. The van der Waals surface area contributed by atoms with Gasteiger partial charge in [-0.25, -0.2) is 0 Å². The van der Waals surface area contributed by atoms with Crippen molar-refractivity contribution in [2.24, 2.45) is 0 Å². The van der Waals surface area contributed by atoms with E-state index < -0.39 is 0 Å². The van der Waals surface area contributed by atoms with E-state index in [1.165, 1.54) is 0 Å². The second kappa shape index (κ2) is 9.25. The molecule has 0 radical (unpaired) electrons. The van der Waals surface area contributed by atoms with Gasteiger partial charge in [-0.05, 0) is 25.0 Å². The minimum atomic E-state index is -0.179. The minimum absolute atomic E-state index is 0.0426. The Bertz CT molecular complexity index is 395. The molecule has 1 aromatic rings. The number of carbonyl (C=O) groups excluding carboxylic acids is 1. The first-order chi connectivity index (χ1) is 9.72. The van der Waals surface area contributed by atoms with Crippen molar-refractivity contribution in [3.63, 3.8) is 0 Å². The lowest BCUT2D eigenvalue weighted by molar-refractivity contribution is 0.0712. The molecule has 2 N–H and O–H groups in total. The lowest BCUT2D eigenvalue weighted by Gasteiger charge is -2.20. The van der Waals surface area contributed by atoms with Gasteiger partial charge in [-0.1, -0.05) is 20.3 Å². The Morgan fingerprint density at radius 3 is 2.60 bits per heavy atom. The number of nitrogens with one attached hydrogen (secondary N) is 1. The van der Waals surface area contributed by atoms with Gasteiger partial charge in [0.05, 0.1) is 6.61 Å². The van der Waals surface area contributed by atoms with Crippen molar-refractivity contribution < 1.29 is 9.90 Å². The van der Waals surface area contributed by atoms with E-state index in [9.17, 15) is 4.79 Å². The maximum absolute atomic E-state index is 12.3. The van der Waals surface area contributed by atoms with Crippen LogP contribution in [-0.4, -0.2) is 52.4 Å². The average molecular weight is 280 g/mol. The smallest absolute Gasteiger partial charge is 0.274 e. The van der Waals surface area contributed by atoms with Crippen molar-refractivity contribution in [1.82, 2.24) is 15.1 Å². The van der Waals surface area contributed by atoms with Gasteiger partial charge in [0.25, 0.3) is 5.91 Å². The van der Waals surface area contributed by atoms with Crippen molar-refractivity contribution in [2.75, 3.05) is 31.6 Å². The molecule has 6 nitrogen and oxygen atoms in total. The lowest BCUT2D eigenvalue weighted by Crippen LogP contribution is -2.35. The highest BCUT2D eigenvalue weighted by Gasteiger charge is 2.16. The molecular weight excluding hydrogens is 256 g/mol. The molecule has 0 aliphatic heterocycles. The predicted octanol–water partition coefficient (Wildman–Crippen LogP) is 1.53. The van der Waals surface area contributed by atoms with E-state index in [0.29, 0.717) is 24.6 Å². The molecule has 0 unspecified atom stereocenters. The summed E-state index contributed by atoms with van der Waals surface area (Å²) in [6, 6.07) is 3.43. The SMILES string of the molecule is CCCCN(CCO)C(=O)c1ccc(NCCC)nn1. The molecule has 0 aromatic carbocycles. The molecular formula is C14H24N4O2. The number of aliphatic hydroxyl groups excluding tert-OH is 1. The second-order valence-corrected chi connectivity index (χ2v) is 4.60. The zero-order valence-electron chi connectivity index (χ0n) is 12.3. The molecule has 0 bridgehead atoms. The van der Waals surface area contributed by atoms with Crippen LogP contribution >= 0.6 is 0 Å².